The lowest BCUT2D eigenvalue weighted by molar-refractivity contribution is 0.305. The average molecular weight is 338 g/mol. The highest BCUT2D eigenvalue weighted by Gasteiger charge is 2.04. The molecule has 0 bridgehead atoms. The number of aryl methyl sites for hydroxylation is 1. The van der Waals surface area contributed by atoms with Gasteiger partial charge in [0.1, 0.15) is 6.61 Å². The Labute approximate surface area is 128 Å². The van der Waals surface area contributed by atoms with Crippen LogP contribution in [0.5, 0.6) is 5.75 Å². The van der Waals surface area contributed by atoms with Gasteiger partial charge in [0, 0.05) is 23.6 Å². The summed E-state index contributed by atoms with van der Waals surface area (Å²) in [6, 6.07) is 6.38. The first kappa shape index (κ1) is 15.1. The minimum Gasteiger partial charge on any atom is -0.486 e. The predicted molar refractivity (Wildman–Crippen MR) is 83.7 cm³/mol. The summed E-state index contributed by atoms with van der Waals surface area (Å²) < 4.78 is 8.51. The summed E-state index contributed by atoms with van der Waals surface area (Å²) in [4.78, 5) is 0. The van der Waals surface area contributed by atoms with Crippen molar-refractivity contribution < 1.29 is 4.74 Å². The molecule has 4 nitrogen and oxygen atoms in total. The van der Waals surface area contributed by atoms with Gasteiger partial charge in [0.2, 0.25) is 0 Å². The lowest BCUT2D eigenvalue weighted by atomic mass is 10.1. The van der Waals surface area contributed by atoms with Gasteiger partial charge < -0.3 is 10.1 Å². The zero-order valence-electron chi connectivity index (χ0n) is 11.9. The van der Waals surface area contributed by atoms with E-state index in [4.69, 9.17) is 4.74 Å². The minimum atomic E-state index is 0.537. The molecule has 0 aliphatic carbocycles. The van der Waals surface area contributed by atoms with E-state index >= 15 is 0 Å². The van der Waals surface area contributed by atoms with E-state index in [2.05, 4.69) is 51.5 Å². The number of nitrogens with zero attached hydrogens (tertiary/aromatic N) is 2. The fourth-order valence-electron chi connectivity index (χ4n) is 1.86. The van der Waals surface area contributed by atoms with E-state index in [-0.39, 0.29) is 0 Å². The first-order valence-corrected chi connectivity index (χ1v) is 7.58. The van der Waals surface area contributed by atoms with Crippen molar-refractivity contribution in [2.75, 3.05) is 6.54 Å². The summed E-state index contributed by atoms with van der Waals surface area (Å²) in [5.74, 6) is 0.785. The molecule has 1 aromatic carbocycles. The van der Waals surface area contributed by atoms with Crippen molar-refractivity contribution in [1.29, 1.82) is 0 Å². The molecule has 0 radical (unpaired) electrons. The SMILES string of the molecule is CCCNCc1ccc(COc2cnn(C)c2)c(Br)c1. The number of hydrogen-bond acceptors (Lipinski definition) is 3. The molecule has 1 N–H and O–H groups in total. The van der Waals surface area contributed by atoms with Gasteiger partial charge in [0.05, 0.1) is 12.4 Å². The Morgan fingerprint density at radius 3 is 2.90 bits per heavy atom. The molecule has 0 aliphatic rings. The lowest BCUT2D eigenvalue weighted by Gasteiger charge is -2.09. The monoisotopic (exact) mass is 337 g/mol. The summed E-state index contributed by atoms with van der Waals surface area (Å²) in [6.45, 7) is 4.65. The van der Waals surface area contributed by atoms with Gasteiger partial charge >= 0.3 is 0 Å². The molecule has 0 fully saturated rings. The summed E-state index contributed by atoms with van der Waals surface area (Å²) in [6.07, 6.45) is 4.73. The minimum absolute atomic E-state index is 0.537. The number of ether oxygens (including phenoxy) is 1. The maximum Gasteiger partial charge on any atom is 0.157 e. The molecule has 0 amide bonds. The summed E-state index contributed by atoms with van der Waals surface area (Å²) in [5, 5.41) is 7.47. The molecule has 0 atom stereocenters. The molecule has 2 aromatic rings. The van der Waals surface area contributed by atoms with Crippen molar-refractivity contribution >= 4 is 15.9 Å². The molecular weight excluding hydrogens is 318 g/mol. The third-order valence-corrected chi connectivity index (χ3v) is 3.69. The fraction of sp³-hybridized carbons (Fsp3) is 0.400. The second-order valence-electron chi connectivity index (χ2n) is 4.74. The number of rotatable bonds is 7. The summed E-state index contributed by atoms with van der Waals surface area (Å²) in [7, 11) is 1.88. The molecule has 0 saturated carbocycles. The normalized spacial score (nSPS) is 10.8. The molecule has 20 heavy (non-hydrogen) atoms. The third-order valence-electron chi connectivity index (χ3n) is 2.95. The Morgan fingerprint density at radius 1 is 1.40 bits per heavy atom. The number of aromatic nitrogens is 2. The summed E-state index contributed by atoms with van der Waals surface area (Å²) >= 11 is 3.61. The fourth-order valence-corrected chi connectivity index (χ4v) is 2.40. The van der Waals surface area contributed by atoms with E-state index in [0.29, 0.717) is 6.61 Å². The zero-order chi connectivity index (χ0) is 14.4. The van der Waals surface area contributed by atoms with Gasteiger partial charge in [-0.1, -0.05) is 35.0 Å². The van der Waals surface area contributed by atoms with Crippen molar-refractivity contribution in [3.63, 3.8) is 0 Å². The van der Waals surface area contributed by atoms with E-state index < -0.39 is 0 Å². The number of nitrogens with one attached hydrogen (secondary N) is 1. The highest BCUT2D eigenvalue weighted by Crippen LogP contribution is 2.20. The second kappa shape index (κ2) is 7.45. The zero-order valence-corrected chi connectivity index (χ0v) is 13.5. The van der Waals surface area contributed by atoms with Crippen LogP contribution in [-0.2, 0) is 20.2 Å². The number of hydrogen-bond donors (Lipinski definition) is 1. The maximum atomic E-state index is 5.70. The van der Waals surface area contributed by atoms with Crippen LogP contribution in [0, 0.1) is 0 Å². The second-order valence-corrected chi connectivity index (χ2v) is 5.60. The van der Waals surface area contributed by atoms with Crippen LogP contribution in [0.2, 0.25) is 0 Å². The van der Waals surface area contributed by atoms with Gasteiger partial charge in [-0.3, -0.25) is 4.68 Å². The first-order chi connectivity index (χ1) is 9.69. The van der Waals surface area contributed by atoms with Crippen LogP contribution >= 0.6 is 15.9 Å². The third kappa shape index (κ3) is 4.35. The van der Waals surface area contributed by atoms with Gasteiger partial charge in [-0.15, -0.1) is 0 Å². The average Bonchev–Trinajstić information content (AvgIpc) is 2.84. The highest BCUT2D eigenvalue weighted by atomic mass is 79.9. The van der Waals surface area contributed by atoms with Crippen molar-refractivity contribution in [1.82, 2.24) is 15.1 Å². The van der Waals surface area contributed by atoms with Crippen molar-refractivity contribution in [3.8, 4) is 5.75 Å². The van der Waals surface area contributed by atoms with Crippen molar-refractivity contribution in [2.24, 2.45) is 7.05 Å². The topological polar surface area (TPSA) is 39.1 Å². The van der Waals surface area contributed by atoms with E-state index in [1.54, 1.807) is 10.9 Å². The predicted octanol–water partition coefficient (Wildman–Crippen LogP) is 3.26. The van der Waals surface area contributed by atoms with Crippen LogP contribution in [0.15, 0.2) is 35.1 Å². The Morgan fingerprint density at radius 2 is 2.25 bits per heavy atom. The first-order valence-electron chi connectivity index (χ1n) is 6.78. The quantitative estimate of drug-likeness (QED) is 0.788. The standard InChI is InChI=1S/C15H20BrN3O/c1-3-6-17-8-12-4-5-13(15(16)7-12)11-20-14-9-18-19(2)10-14/h4-5,7,9-10,17H,3,6,8,11H2,1-2H3. The van der Waals surface area contributed by atoms with E-state index in [1.807, 2.05) is 13.2 Å². The molecule has 0 spiro atoms. The van der Waals surface area contributed by atoms with Gasteiger partial charge in [-0.05, 0) is 24.6 Å². The smallest absolute Gasteiger partial charge is 0.157 e. The van der Waals surface area contributed by atoms with Crippen molar-refractivity contribution in [3.05, 3.63) is 46.2 Å². The Bertz CT molecular complexity index is 554. The van der Waals surface area contributed by atoms with Crippen LogP contribution in [0.1, 0.15) is 24.5 Å². The number of benzene rings is 1. The van der Waals surface area contributed by atoms with Crippen LogP contribution in [0.3, 0.4) is 0 Å². The molecule has 0 saturated heterocycles. The van der Waals surface area contributed by atoms with Crippen molar-refractivity contribution in [2.45, 2.75) is 26.5 Å². The van der Waals surface area contributed by atoms with Crippen LogP contribution in [-0.4, -0.2) is 16.3 Å². The van der Waals surface area contributed by atoms with Gasteiger partial charge in [0.25, 0.3) is 0 Å². The molecule has 5 heteroatoms. The largest absolute Gasteiger partial charge is 0.486 e. The van der Waals surface area contributed by atoms with E-state index in [0.717, 1.165) is 35.3 Å². The summed E-state index contributed by atoms with van der Waals surface area (Å²) in [5.41, 5.74) is 2.41. The number of halogens is 1. The van der Waals surface area contributed by atoms with Crippen LogP contribution < -0.4 is 10.1 Å². The molecule has 0 aliphatic heterocycles. The van der Waals surface area contributed by atoms with Gasteiger partial charge in [0.15, 0.2) is 5.75 Å². The van der Waals surface area contributed by atoms with Gasteiger partial charge in [-0.2, -0.15) is 5.10 Å². The highest BCUT2D eigenvalue weighted by molar-refractivity contribution is 9.10. The van der Waals surface area contributed by atoms with Crippen LogP contribution in [0.4, 0.5) is 0 Å². The molecule has 1 heterocycles. The lowest BCUT2D eigenvalue weighted by Crippen LogP contribution is -2.13. The molecule has 2 rings (SSSR count). The molecule has 0 unspecified atom stereocenters. The molecular formula is C15H20BrN3O. The Balaban J connectivity index is 1.92. The van der Waals surface area contributed by atoms with E-state index in [1.165, 1.54) is 5.56 Å². The molecule has 1 aromatic heterocycles. The Hall–Kier alpha value is -1.33. The van der Waals surface area contributed by atoms with Gasteiger partial charge in [-0.25, -0.2) is 0 Å². The Kier molecular flexibility index (Phi) is 5.61. The molecule has 108 valence electrons. The van der Waals surface area contributed by atoms with Crippen LogP contribution in [0.25, 0.3) is 0 Å². The maximum absolute atomic E-state index is 5.70. The van der Waals surface area contributed by atoms with E-state index in [9.17, 15) is 0 Å².